The van der Waals surface area contributed by atoms with Crippen LogP contribution in [0.2, 0.25) is 0 Å². The first-order valence-electron chi connectivity index (χ1n) is 6.54. The topological polar surface area (TPSA) is 46.3 Å². The molecule has 0 unspecified atom stereocenters. The summed E-state index contributed by atoms with van der Waals surface area (Å²) in [5.74, 6) is 1.56. The van der Waals surface area contributed by atoms with Gasteiger partial charge in [0.1, 0.15) is 11.5 Å². The second-order valence-electron chi connectivity index (χ2n) is 4.87. The van der Waals surface area contributed by atoms with Crippen LogP contribution in [-0.2, 0) is 6.42 Å². The molecule has 3 rings (SSSR count). The molecule has 0 saturated heterocycles. The van der Waals surface area contributed by atoms with Crippen LogP contribution in [0.4, 0.5) is 0 Å². The first-order chi connectivity index (χ1) is 8.88. The van der Waals surface area contributed by atoms with Gasteiger partial charge in [0, 0.05) is 24.7 Å². The van der Waals surface area contributed by atoms with Crippen LogP contribution < -0.4 is 0 Å². The molecule has 18 heavy (non-hydrogen) atoms. The van der Waals surface area contributed by atoms with Crippen molar-refractivity contribution in [2.75, 3.05) is 6.61 Å². The molecule has 1 aromatic heterocycles. The van der Waals surface area contributed by atoms with Crippen molar-refractivity contribution in [2.24, 2.45) is 0 Å². The van der Waals surface area contributed by atoms with E-state index in [2.05, 4.69) is 23.4 Å². The first kappa shape index (κ1) is 11.5. The molecule has 3 nitrogen and oxygen atoms in total. The molecule has 0 bridgehead atoms. The van der Waals surface area contributed by atoms with Gasteiger partial charge in [0.05, 0.1) is 0 Å². The number of aliphatic hydroxyl groups excluding tert-OH is 1. The maximum atomic E-state index is 8.81. The fourth-order valence-electron chi connectivity index (χ4n) is 2.29. The van der Waals surface area contributed by atoms with E-state index in [9.17, 15) is 0 Å². The average Bonchev–Trinajstić information content (AvgIpc) is 3.15. The summed E-state index contributed by atoms with van der Waals surface area (Å²) >= 11 is 0. The Balaban J connectivity index is 1.87. The molecule has 1 fully saturated rings. The van der Waals surface area contributed by atoms with Gasteiger partial charge in [0.25, 0.3) is 0 Å². The third-order valence-electron chi connectivity index (χ3n) is 3.39. The average molecular weight is 243 g/mol. The Morgan fingerprint density at radius 3 is 2.89 bits per heavy atom. The highest BCUT2D eigenvalue weighted by atomic mass is 16.5. The predicted molar refractivity (Wildman–Crippen MR) is 69.3 cm³/mol. The van der Waals surface area contributed by atoms with E-state index in [1.807, 2.05) is 12.1 Å². The lowest BCUT2D eigenvalue weighted by Gasteiger charge is -2.04. The Labute approximate surface area is 106 Å². The number of rotatable bonds is 5. The summed E-state index contributed by atoms with van der Waals surface area (Å²) in [5, 5.41) is 13.0. The van der Waals surface area contributed by atoms with E-state index < -0.39 is 0 Å². The summed E-state index contributed by atoms with van der Waals surface area (Å²) in [6.45, 7) is 0.189. The Morgan fingerprint density at radius 1 is 1.28 bits per heavy atom. The van der Waals surface area contributed by atoms with Gasteiger partial charge >= 0.3 is 0 Å². The molecule has 1 N–H and O–H groups in total. The molecule has 94 valence electrons. The molecule has 0 radical (unpaired) electrons. The summed E-state index contributed by atoms with van der Waals surface area (Å²) in [4.78, 5) is 0. The van der Waals surface area contributed by atoms with Crippen LogP contribution in [0.25, 0.3) is 11.3 Å². The first-order valence-corrected chi connectivity index (χ1v) is 6.54. The van der Waals surface area contributed by atoms with Crippen LogP contribution in [-0.4, -0.2) is 16.9 Å². The maximum absolute atomic E-state index is 8.81. The SMILES string of the molecule is OCCCc1cc(-c2ccccc2C2CC2)no1. The van der Waals surface area contributed by atoms with Gasteiger partial charge in [-0.25, -0.2) is 0 Å². The third-order valence-corrected chi connectivity index (χ3v) is 3.39. The van der Waals surface area contributed by atoms with Crippen LogP contribution >= 0.6 is 0 Å². The van der Waals surface area contributed by atoms with Gasteiger partial charge in [0.2, 0.25) is 0 Å². The smallest absolute Gasteiger partial charge is 0.137 e. The fraction of sp³-hybridized carbons (Fsp3) is 0.400. The van der Waals surface area contributed by atoms with E-state index in [0.717, 1.165) is 24.3 Å². The van der Waals surface area contributed by atoms with Crippen LogP contribution in [0, 0.1) is 0 Å². The number of hydrogen-bond acceptors (Lipinski definition) is 3. The van der Waals surface area contributed by atoms with E-state index >= 15 is 0 Å². The molecule has 0 atom stereocenters. The molecule has 0 spiro atoms. The van der Waals surface area contributed by atoms with Gasteiger partial charge in [-0.3, -0.25) is 0 Å². The number of nitrogens with zero attached hydrogens (tertiary/aromatic N) is 1. The van der Waals surface area contributed by atoms with Gasteiger partial charge < -0.3 is 9.63 Å². The zero-order valence-electron chi connectivity index (χ0n) is 10.3. The molecular formula is C15H17NO2. The predicted octanol–water partition coefficient (Wildman–Crippen LogP) is 3.14. The van der Waals surface area contributed by atoms with Gasteiger partial charge in [-0.05, 0) is 30.7 Å². The van der Waals surface area contributed by atoms with Crippen LogP contribution in [0.15, 0.2) is 34.9 Å². The van der Waals surface area contributed by atoms with Gasteiger partial charge in [-0.15, -0.1) is 0 Å². The third kappa shape index (κ3) is 2.31. The number of hydrogen-bond donors (Lipinski definition) is 1. The monoisotopic (exact) mass is 243 g/mol. The largest absolute Gasteiger partial charge is 0.396 e. The Hall–Kier alpha value is -1.61. The molecule has 0 amide bonds. The summed E-state index contributed by atoms with van der Waals surface area (Å²) in [6.07, 6.45) is 4.03. The van der Waals surface area contributed by atoms with Crippen LogP contribution in [0.5, 0.6) is 0 Å². The summed E-state index contributed by atoms with van der Waals surface area (Å²) in [7, 11) is 0. The van der Waals surface area contributed by atoms with Crippen molar-refractivity contribution >= 4 is 0 Å². The number of aliphatic hydroxyl groups is 1. The standard InChI is InChI=1S/C15H17NO2/c17-9-3-4-12-10-15(16-18-12)14-6-2-1-5-13(14)11-7-8-11/h1-2,5-6,10-11,17H,3-4,7-9H2. The van der Waals surface area contributed by atoms with E-state index in [-0.39, 0.29) is 6.61 Å². The highest BCUT2D eigenvalue weighted by Gasteiger charge is 2.26. The van der Waals surface area contributed by atoms with Crippen molar-refractivity contribution < 1.29 is 9.63 Å². The number of aryl methyl sites for hydroxylation is 1. The maximum Gasteiger partial charge on any atom is 0.137 e. The molecule has 1 aliphatic carbocycles. The molecule has 2 aromatic rings. The molecule has 1 aliphatic rings. The van der Waals surface area contributed by atoms with Crippen LogP contribution in [0.3, 0.4) is 0 Å². The van der Waals surface area contributed by atoms with E-state index in [0.29, 0.717) is 5.92 Å². The highest BCUT2D eigenvalue weighted by molar-refractivity contribution is 5.65. The fourth-order valence-corrected chi connectivity index (χ4v) is 2.29. The molecular weight excluding hydrogens is 226 g/mol. The minimum atomic E-state index is 0.189. The van der Waals surface area contributed by atoms with Crippen LogP contribution in [0.1, 0.15) is 36.5 Å². The van der Waals surface area contributed by atoms with Crippen molar-refractivity contribution in [2.45, 2.75) is 31.6 Å². The van der Waals surface area contributed by atoms with E-state index in [1.165, 1.54) is 24.0 Å². The molecule has 0 aliphatic heterocycles. The van der Waals surface area contributed by atoms with Gasteiger partial charge in [0.15, 0.2) is 0 Å². The molecule has 3 heteroatoms. The molecule has 1 saturated carbocycles. The minimum absolute atomic E-state index is 0.189. The zero-order valence-corrected chi connectivity index (χ0v) is 10.3. The Bertz CT molecular complexity index is 529. The zero-order chi connectivity index (χ0) is 12.4. The number of benzene rings is 1. The van der Waals surface area contributed by atoms with Crippen molar-refractivity contribution in [1.82, 2.24) is 5.16 Å². The summed E-state index contributed by atoms with van der Waals surface area (Å²) in [5.41, 5.74) is 3.50. The lowest BCUT2D eigenvalue weighted by Crippen LogP contribution is -1.87. The lowest BCUT2D eigenvalue weighted by molar-refractivity contribution is 0.280. The second-order valence-corrected chi connectivity index (χ2v) is 4.87. The van der Waals surface area contributed by atoms with Crippen molar-refractivity contribution in [3.05, 3.63) is 41.7 Å². The minimum Gasteiger partial charge on any atom is -0.396 e. The quantitative estimate of drug-likeness (QED) is 0.877. The Morgan fingerprint density at radius 2 is 2.11 bits per heavy atom. The second kappa shape index (κ2) is 4.94. The summed E-state index contributed by atoms with van der Waals surface area (Å²) in [6, 6.07) is 10.4. The summed E-state index contributed by atoms with van der Waals surface area (Å²) < 4.78 is 5.32. The molecule has 1 aromatic carbocycles. The highest BCUT2D eigenvalue weighted by Crippen LogP contribution is 2.44. The normalized spacial score (nSPS) is 14.9. The van der Waals surface area contributed by atoms with E-state index in [1.54, 1.807) is 0 Å². The van der Waals surface area contributed by atoms with Gasteiger partial charge in [-0.1, -0.05) is 29.4 Å². The van der Waals surface area contributed by atoms with Crippen molar-refractivity contribution in [3.8, 4) is 11.3 Å². The van der Waals surface area contributed by atoms with Crippen molar-refractivity contribution in [1.29, 1.82) is 0 Å². The van der Waals surface area contributed by atoms with Gasteiger partial charge in [-0.2, -0.15) is 0 Å². The van der Waals surface area contributed by atoms with Crippen molar-refractivity contribution in [3.63, 3.8) is 0 Å². The molecule has 1 heterocycles. The van der Waals surface area contributed by atoms with E-state index in [4.69, 9.17) is 9.63 Å². The lowest BCUT2D eigenvalue weighted by atomic mass is 10.0. The number of aromatic nitrogens is 1. The Kier molecular flexibility index (Phi) is 3.15.